The molecular formula is C16H20N2O2S. The third kappa shape index (κ3) is 2.93. The minimum atomic E-state index is -0.799. The normalized spacial score (nSPS) is 17.4. The molecule has 1 aliphatic carbocycles. The molecule has 1 N–H and O–H groups in total. The van der Waals surface area contributed by atoms with Gasteiger partial charge in [-0.2, -0.15) is 0 Å². The first-order valence-corrected chi connectivity index (χ1v) is 8.47. The van der Waals surface area contributed by atoms with Crippen LogP contribution in [0.15, 0.2) is 29.4 Å². The van der Waals surface area contributed by atoms with E-state index in [0.29, 0.717) is 12.0 Å². The van der Waals surface area contributed by atoms with Crippen LogP contribution in [0.5, 0.6) is 0 Å². The molecule has 0 saturated heterocycles. The maximum atomic E-state index is 10.9. The summed E-state index contributed by atoms with van der Waals surface area (Å²) in [4.78, 5) is 15.5. The minimum absolute atomic E-state index is 0.0563. The van der Waals surface area contributed by atoms with Gasteiger partial charge in [-0.1, -0.05) is 36.7 Å². The summed E-state index contributed by atoms with van der Waals surface area (Å²) in [6.07, 6.45) is 5.13. The molecule has 21 heavy (non-hydrogen) atoms. The van der Waals surface area contributed by atoms with Crippen molar-refractivity contribution in [2.75, 3.05) is 5.75 Å². The fourth-order valence-electron chi connectivity index (χ4n) is 3.29. The first-order valence-electron chi connectivity index (χ1n) is 7.48. The standard InChI is InChI=1S/C16H20N2O2S/c1-11(12-6-2-3-7-12)18-14-9-5-4-8-13(14)17-16(18)21-10-15(19)20/h4-5,8-9,11-12H,2-3,6-7,10H2,1H3,(H,19,20). The SMILES string of the molecule is CC(C1CCCC1)n1c(SCC(=O)O)nc2ccccc21. The first-order chi connectivity index (χ1) is 10.2. The highest BCUT2D eigenvalue weighted by Crippen LogP contribution is 2.38. The van der Waals surface area contributed by atoms with Crippen LogP contribution in [-0.2, 0) is 4.79 Å². The molecule has 0 spiro atoms. The monoisotopic (exact) mass is 304 g/mol. The molecule has 5 heteroatoms. The molecule has 4 nitrogen and oxygen atoms in total. The van der Waals surface area contributed by atoms with E-state index in [-0.39, 0.29) is 5.75 Å². The van der Waals surface area contributed by atoms with Gasteiger partial charge in [0.2, 0.25) is 0 Å². The van der Waals surface area contributed by atoms with Crippen LogP contribution < -0.4 is 0 Å². The molecule has 112 valence electrons. The second kappa shape index (κ2) is 6.10. The quantitative estimate of drug-likeness (QED) is 0.849. The molecule has 0 amide bonds. The largest absolute Gasteiger partial charge is 0.481 e. The Hall–Kier alpha value is -1.49. The second-order valence-corrected chi connectivity index (χ2v) is 6.66. The van der Waals surface area contributed by atoms with Gasteiger partial charge >= 0.3 is 5.97 Å². The van der Waals surface area contributed by atoms with Crippen LogP contribution in [0.2, 0.25) is 0 Å². The average Bonchev–Trinajstić information content (AvgIpc) is 3.11. The van der Waals surface area contributed by atoms with Gasteiger partial charge < -0.3 is 9.67 Å². The molecule has 1 aromatic carbocycles. The summed E-state index contributed by atoms with van der Waals surface area (Å²) in [6, 6.07) is 8.45. The Labute approximate surface area is 128 Å². The van der Waals surface area contributed by atoms with E-state index in [2.05, 4.69) is 22.5 Å². The maximum Gasteiger partial charge on any atom is 0.313 e. The van der Waals surface area contributed by atoms with Gasteiger partial charge in [0.05, 0.1) is 16.8 Å². The Morgan fingerprint density at radius 1 is 1.43 bits per heavy atom. The van der Waals surface area contributed by atoms with Crippen LogP contribution in [0.25, 0.3) is 11.0 Å². The second-order valence-electron chi connectivity index (χ2n) is 5.72. The van der Waals surface area contributed by atoms with Crippen molar-refractivity contribution >= 4 is 28.8 Å². The van der Waals surface area contributed by atoms with Gasteiger partial charge in [0, 0.05) is 6.04 Å². The number of hydrogen-bond donors (Lipinski definition) is 1. The van der Waals surface area contributed by atoms with Crippen molar-refractivity contribution in [3.05, 3.63) is 24.3 Å². The summed E-state index contributed by atoms with van der Waals surface area (Å²) in [5.41, 5.74) is 2.07. The molecule has 1 atom stereocenters. The van der Waals surface area contributed by atoms with Crippen molar-refractivity contribution in [3.63, 3.8) is 0 Å². The summed E-state index contributed by atoms with van der Waals surface area (Å²) in [6.45, 7) is 2.24. The molecule has 1 aliphatic rings. The van der Waals surface area contributed by atoms with E-state index in [1.807, 2.05) is 18.2 Å². The van der Waals surface area contributed by atoms with Gasteiger partial charge in [0.1, 0.15) is 0 Å². The Morgan fingerprint density at radius 3 is 2.86 bits per heavy atom. The van der Waals surface area contributed by atoms with E-state index in [1.165, 1.54) is 37.4 Å². The Balaban J connectivity index is 1.99. The topological polar surface area (TPSA) is 55.1 Å². The Morgan fingerprint density at radius 2 is 2.14 bits per heavy atom. The number of aromatic nitrogens is 2. The third-order valence-corrected chi connectivity index (χ3v) is 5.31. The molecule has 0 radical (unpaired) electrons. The molecule has 1 unspecified atom stereocenters. The fraction of sp³-hybridized carbons (Fsp3) is 0.500. The van der Waals surface area contributed by atoms with Gasteiger partial charge in [-0.3, -0.25) is 4.79 Å². The molecular weight excluding hydrogens is 284 g/mol. The van der Waals surface area contributed by atoms with Crippen LogP contribution in [0.3, 0.4) is 0 Å². The molecule has 0 aliphatic heterocycles. The van der Waals surface area contributed by atoms with Crippen LogP contribution in [0.4, 0.5) is 0 Å². The number of carbonyl (C=O) groups is 1. The first kappa shape index (κ1) is 14.4. The molecule has 1 aromatic heterocycles. The number of imidazole rings is 1. The number of carboxylic acid groups (broad SMARTS) is 1. The van der Waals surface area contributed by atoms with Gasteiger partial charge in [0.25, 0.3) is 0 Å². The van der Waals surface area contributed by atoms with Crippen LogP contribution in [0.1, 0.15) is 38.6 Å². The van der Waals surface area contributed by atoms with E-state index in [4.69, 9.17) is 5.11 Å². The Bertz CT molecular complexity index is 647. The lowest BCUT2D eigenvalue weighted by Gasteiger charge is -2.23. The highest BCUT2D eigenvalue weighted by Gasteiger charge is 2.26. The predicted molar refractivity (Wildman–Crippen MR) is 84.8 cm³/mol. The summed E-state index contributed by atoms with van der Waals surface area (Å²) >= 11 is 1.32. The minimum Gasteiger partial charge on any atom is -0.481 e. The zero-order valence-electron chi connectivity index (χ0n) is 12.2. The van der Waals surface area contributed by atoms with E-state index >= 15 is 0 Å². The van der Waals surface area contributed by atoms with Crippen molar-refractivity contribution in [3.8, 4) is 0 Å². The number of thioether (sulfide) groups is 1. The van der Waals surface area contributed by atoms with Gasteiger partial charge in [-0.25, -0.2) is 4.98 Å². The van der Waals surface area contributed by atoms with Gasteiger partial charge in [-0.05, 0) is 37.8 Å². The number of hydrogen-bond acceptors (Lipinski definition) is 3. The smallest absolute Gasteiger partial charge is 0.313 e. The van der Waals surface area contributed by atoms with Crippen LogP contribution in [-0.4, -0.2) is 26.4 Å². The van der Waals surface area contributed by atoms with Crippen molar-refractivity contribution in [1.82, 2.24) is 9.55 Å². The summed E-state index contributed by atoms with van der Waals surface area (Å²) in [5.74, 6) is -0.0698. The zero-order valence-corrected chi connectivity index (χ0v) is 13.0. The maximum absolute atomic E-state index is 10.9. The van der Waals surface area contributed by atoms with E-state index in [0.717, 1.165) is 16.2 Å². The average molecular weight is 304 g/mol. The number of benzene rings is 1. The molecule has 2 aromatic rings. The third-order valence-electron chi connectivity index (χ3n) is 4.38. The highest BCUT2D eigenvalue weighted by atomic mass is 32.2. The highest BCUT2D eigenvalue weighted by molar-refractivity contribution is 7.99. The van der Waals surface area contributed by atoms with Crippen molar-refractivity contribution in [1.29, 1.82) is 0 Å². The van der Waals surface area contributed by atoms with Gasteiger partial charge in [-0.15, -0.1) is 0 Å². The molecule has 3 rings (SSSR count). The number of carboxylic acids is 1. The number of nitrogens with zero attached hydrogens (tertiary/aromatic N) is 2. The van der Waals surface area contributed by atoms with Crippen LogP contribution >= 0.6 is 11.8 Å². The number of para-hydroxylation sites is 2. The summed E-state index contributed by atoms with van der Waals surface area (Å²) < 4.78 is 2.25. The molecule has 1 heterocycles. The number of aliphatic carboxylic acids is 1. The zero-order chi connectivity index (χ0) is 14.8. The number of fused-ring (bicyclic) bond motifs is 1. The fourth-order valence-corrected chi connectivity index (χ4v) is 4.11. The van der Waals surface area contributed by atoms with E-state index < -0.39 is 5.97 Å². The Kier molecular flexibility index (Phi) is 4.19. The lowest BCUT2D eigenvalue weighted by atomic mass is 9.99. The van der Waals surface area contributed by atoms with Crippen LogP contribution in [0, 0.1) is 5.92 Å². The van der Waals surface area contributed by atoms with Crippen molar-refractivity contribution in [2.24, 2.45) is 5.92 Å². The van der Waals surface area contributed by atoms with Gasteiger partial charge in [0.15, 0.2) is 5.16 Å². The van der Waals surface area contributed by atoms with Crippen molar-refractivity contribution in [2.45, 2.75) is 43.8 Å². The predicted octanol–water partition coefficient (Wildman–Crippen LogP) is 3.96. The molecule has 0 bridgehead atoms. The molecule has 1 saturated carbocycles. The van der Waals surface area contributed by atoms with E-state index in [9.17, 15) is 4.79 Å². The molecule has 1 fully saturated rings. The summed E-state index contributed by atoms with van der Waals surface area (Å²) in [5, 5.41) is 9.76. The lowest BCUT2D eigenvalue weighted by molar-refractivity contribution is -0.133. The van der Waals surface area contributed by atoms with E-state index in [1.54, 1.807) is 0 Å². The lowest BCUT2D eigenvalue weighted by Crippen LogP contribution is -2.15. The summed E-state index contributed by atoms with van der Waals surface area (Å²) in [7, 11) is 0. The van der Waals surface area contributed by atoms with Crippen molar-refractivity contribution < 1.29 is 9.90 Å². The number of rotatable bonds is 5.